The van der Waals surface area contributed by atoms with Gasteiger partial charge >= 0.3 is 0 Å². The van der Waals surface area contributed by atoms with Gasteiger partial charge in [-0.05, 0) is 49.9 Å². The predicted octanol–water partition coefficient (Wildman–Crippen LogP) is 3.56. The van der Waals surface area contributed by atoms with E-state index in [1.54, 1.807) is 0 Å². The summed E-state index contributed by atoms with van der Waals surface area (Å²) < 4.78 is 1.17. The van der Waals surface area contributed by atoms with Gasteiger partial charge in [-0.2, -0.15) is 0 Å². The Kier molecular flexibility index (Phi) is 4.57. The van der Waals surface area contributed by atoms with E-state index < -0.39 is 0 Å². The van der Waals surface area contributed by atoms with Gasteiger partial charge in [-0.25, -0.2) is 0 Å². The van der Waals surface area contributed by atoms with Gasteiger partial charge in [-0.3, -0.25) is 4.90 Å². The second kappa shape index (κ2) is 6.38. The lowest BCUT2D eigenvalue weighted by Gasteiger charge is -2.30. The average Bonchev–Trinajstić information content (AvgIpc) is 3.26. The molecule has 104 valence electrons. The number of nitrogens with one attached hydrogen (secondary N) is 1. The summed E-state index contributed by atoms with van der Waals surface area (Å²) in [5.41, 5.74) is 1.44. The van der Waals surface area contributed by atoms with Gasteiger partial charge in [0.1, 0.15) is 0 Å². The molecule has 1 aliphatic carbocycles. The van der Waals surface area contributed by atoms with Gasteiger partial charge in [0.2, 0.25) is 0 Å². The van der Waals surface area contributed by atoms with Crippen LogP contribution in [-0.2, 0) is 6.54 Å². The second-order valence-corrected chi connectivity index (χ2v) is 6.85. The zero-order valence-electron chi connectivity index (χ0n) is 11.4. The zero-order valence-corrected chi connectivity index (χ0v) is 13.0. The lowest BCUT2D eigenvalue weighted by Crippen LogP contribution is -2.44. The number of hydrogen-bond acceptors (Lipinski definition) is 2. The number of hydrogen-bond donors (Lipinski definition) is 1. The van der Waals surface area contributed by atoms with Gasteiger partial charge in [0.05, 0.1) is 0 Å². The Morgan fingerprint density at radius 3 is 2.53 bits per heavy atom. The van der Waals surface area contributed by atoms with Crippen LogP contribution in [-0.4, -0.2) is 30.1 Å². The highest BCUT2D eigenvalue weighted by Gasteiger charge is 2.30. The van der Waals surface area contributed by atoms with E-state index in [-0.39, 0.29) is 0 Å². The maximum absolute atomic E-state index is 3.68. The minimum absolute atomic E-state index is 0.713. The standard InChI is InChI=1S/C16H23BrN2/c17-14-6-4-13(5-7-14)11-19(16-8-9-16)12-15-3-1-2-10-18-15/h4-7,15-16,18H,1-3,8-12H2. The van der Waals surface area contributed by atoms with Gasteiger partial charge in [0.25, 0.3) is 0 Å². The first-order valence-electron chi connectivity index (χ1n) is 7.53. The third kappa shape index (κ3) is 4.04. The van der Waals surface area contributed by atoms with Crippen LogP contribution in [0.2, 0.25) is 0 Å². The Bertz CT molecular complexity index is 394. The molecule has 1 aromatic carbocycles. The fourth-order valence-corrected chi connectivity index (χ4v) is 3.23. The molecule has 1 unspecified atom stereocenters. The average molecular weight is 323 g/mol. The molecular formula is C16H23BrN2. The number of rotatable bonds is 5. The summed E-state index contributed by atoms with van der Waals surface area (Å²) in [5.74, 6) is 0. The molecule has 0 radical (unpaired) electrons. The Balaban J connectivity index is 1.59. The summed E-state index contributed by atoms with van der Waals surface area (Å²) in [6.45, 7) is 3.54. The predicted molar refractivity (Wildman–Crippen MR) is 83.2 cm³/mol. The van der Waals surface area contributed by atoms with Crippen LogP contribution in [0, 0.1) is 0 Å². The van der Waals surface area contributed by atoms with Crippen molar-refractivity contribution >= 4 is 15.9 Å². The van der Waals surface area contributed by atoms with E-state index >= 15 is 0 Å². The van der Waals surface area contributed by atoms with Crippen molar-refractivity contribution in [3.63, 3.8) is 0 Å². The number of nitrogens with zero attached hydrogens (tertiary/aromatic N) is 1. The van der Waals surface area contributed by atoms with E-state index in [1.807, 2.05) is 0 Å². The van der Waals surface area contributed by atoms with E-state index in [0.29, 0.717) is 6.04 Å². The van der Waals surface area contributed by atoms with E-state index in [9.17, 15) is 0 Å². The summed E-state index contributed by atoms with van der Waals surface area (Å²) in [6.07, 6.45) is 6.89. The fraction of sp³-hybridized carbons (Fsp3) is 0.625. The molecule has 1 saturated carbocycles. The Morgan fingerprint density at radius 1 is 1.11 bits per heavy atom. The Morgan fingerprint density at radius 2 is 1.89 bits per heavy atom. The minimum atomic E-state index is 0.713. The van der Waals surface area contributed by atoms with E-state index in [2.05, 4.69) is 50.4 Å². The van der Waals surface area contributed by atoms with Gasteiger partial charge < -0.3 is 5.32 Å². The molecule has 3 rings (SSSR count). The largest absolute Gasteiger partial charge is 0.313 e. The maximum Gasteiger partial charge on any atom is 0.0237 e. The molecule has 1 N–H and O–H groups in total. The summed E-state index contributed by atoms with van der Waals surface area (Å²) >= 11 is 3.51. The second-order valence-electron chi connectivity index (χ2n) is 5.93. The molecule has 3 heteroatoms. The maximum atomic E-state index is 3.68. The van der Waals surface area contributed by atoms with Crippen LogP contribution in [0.3, 0.4) is 0 Å². The molecule has 1 heterocycles. The van der Waals surface area contributed by atoms with Gasteiger partial charge in [0, 0.05) is 29.6 Å². The van der Waals surface area contributed by atoms with Gasteiger partial charge in [-0.1, -0.05) is 34.5 Å². The molecular weight excluding hydrogens is 300 g/mol. The molecule has 19 heavy (non-hydrogen) atoms. The first-order chi connectivity index (χ1) is 9.31. The van der Waals surface area contributed by atoms with Crippen LogP contribution in [0.25, 0.3) is 0 Å². The van der Waals surface area contributed by atoms with E-state index in [1.165, 1.54) is 55.2 Å². The lowest BCUT2D eigenvalue weighted by molar-refractivity contribution is 0.208. The van der Waals surface area contributed by atoms with E-state index in [4.69, 9.17) is 0 Å². The molecule has 2 nitrogen and oxygen atoms in total. The van der Waals surface area contributed by atoms with Crippen molar-refractivity contribution in [2.75, 3.05) is 13.1 Å². The molecule has 1 saturated heterocycles. The molecule has 0 bridgehead atoms. The quantitative estimate of drug-likeness (QED) is 0.891. The first kappa shape index (κ1) is 13.6. The summed E-state index contributed by atoms with van der Waals surface area (Å²) in [7, 11) is 0. The minimum Gasteiger partial charge on any atom is -0.313 e. The molecule has 1 aromatic rings. The summed E-state index contributed by atoms with van der Waals surface area (Å²) in [5, 5.41) is 3.68. The van der Waals surface area contributed by atoms with Crippen LogP contribution in [0.4, 0.5) is 0 Å². The number of benzene rings is 1. The summed E-state index contributed by atoms with van der Waals surface area (Å²) in [6, 6.07) is 10.3. The third-order valence-corrected chi connectivity index (χ3v) is 4.76. The smallest absolute Gasteiger partial charge is 0.0237 e. The molecule has 0 aromatic heterocycles. The van der Waals surface area contributed by atoms with Crippen molar-refractivity contribution in [1.82, 2.24) is 10.2 Å². The van der Waals surface area contributed by atoms with E-state index in [0.717, 1.165) is 12.6 Å². The molecule has 0 amide bonds. The van der Waals surface area contributed by atoms with Gasteiger partial charge in [-0.15, -0.1) is 0 Å². The highest BCUT2D eigenvalue weighted by Crippen LogP contribution is 2.29. The van der Waals surface area contributed by atoms with Crippen LogP contribution >= 0.6 is 15.9 Å². The monoisotopic (exact) mass is 322 g/mol. The first-order valence-corrected chi connectivity index (χ1v) is 8.32. The molecule has 2 fully saturated rings. The number of piperidine rings is 1. The van der Waals surface area contributed by atoms with Crippen molar-refractivity contribution in [1.29, 1.82) is 0 Å². The fourth-order valence-electron chi connectivity index (χ4n) is 2.97. The van der Waals surface area contributed by atoms with Crippen LogP contribution in [0.15, 0.2) is 28.7 Å². The molecule has 1 atom stereocenters. The van der Waals surface area contributed by atoms with Gasteiger partial charge in [0.15, 0.2) is 0 Å². The SMILES string of the molecule is Brc1ccc(CN(CC2CCCCN2)C2CC2)cc1. The third-order valence-electron chi connectivity index (χ3n) is 4.23. The number of halogens is 1. The van der Waals surface area contributed by atoms with Crippen molar-refractivity contribution in [3.8, 4) is 0 Å². The highest BCUT2D eigenvalue weighted by molar-refractivity contribution is 9.10. The molecule has 2 aliphatic rings. The van der Waals surface area contributed by atoms with Crippen molar-refractivity contribution in [2.45, 2.75) is 50.7 Å². The van der Waals surface area contributed by atoms with Crippen molar-refractivity contribution in [2.24, 2.45) is 0 Å². The Labute approximate surface area is 124 Å². The lowest BCUT2D eigenvalue weighted by atomic mass is 10.0. The highest BCUT2D eigenvalue weighted by atomic mass is 79.9. The van der Waals surface area contributed by atoms with Crippen LogP contribution in [0.5, 0.6) is 0 Å². The van der Waals surface area contributed by atoms with Crippen LogP contribution in [0.1, 0.15) is 37.7 Å². The van der Waals surface area contributed by atoms with Crippen LogP contribution < -0.4 is 5.32 Å². The van der Waals surface area contributed by atoms with Crippen molar-refractivity contribution in [3.05, 3.63) is 34.3 Å². The topological polar surface area (TPSA) is 15.3 Å². The normalized spacial score (nSPS) is 23.8. The zero-order chi connectivity index (χ0) is 13.1. The molecule has 1 aliphatic heterocycles. The molecule has 0 spiro atoms. The summed E-state index contributed by atoms with van der Waals surface area (Å²) in [4.78, 5) is 2.69. The Hall–Kier alpha value is -0.380. The van der Waals surface area contributed by atoms with Crippen molar-refractivity contribution < 1.29 is 0 Å².